The second-order valence-corrected chi connectivity index (χ2v) is 4.62. The molecule has 0 saturated carbocycles. The van der Waals surface area contributed by atoms with Gasteiger partial charge in [-0.05, 0) is 66.1 Å². The van der Waals surface area contributed by atoms with Crippen molar-refractivity contribution in [3.05, 3.63) is 32.9 Å². The van der Waals surface area contributed by atoms with Crippen LogP contribution >= 0.6 is 22.6 Å². The number of ether oxygens (including phenoxy) is 1. The summed E-state index contributed by atoms with van der Waals surface area (Å²) in [5.74, 6) is -0.115. The third-order valence-electron chi connectivity index (χ3n) is 2.21. The van der Waals surface area contributed by atoms with Gasteiger partial charge in [-0.25, -0.2) is 0 Å². The second-order valence-electron chi connectivity index (χ2n) is 3.38. The van der Waals surface area contributed by atoms with Gasteiger partial charge in [0.25, 0.3) is 0 Å². The quantitative estimate of drug-likeness (QED) is 0.630. The summed E-state index contributed by atoms with van der Waals surface area (Å²) in [6, 6.07) is 6.28. The number of aryl methyl sites for hydroxylation is 2. The minimum Gasteiger partial charge on any atom is -0.466 e. The summed E-state index contributed by atoms with van der Waals surface area (Å²) in [6.45, 7) is 4.36. The minimum absolute atomic E-state index is 0.115. The molecule has 0 bridgehead atoms. The van der Waals surface area contributed by atoms with Crippen LogP contribution < -0.4 is 0 Å². The van der Waals surface area contributed by atoms with E-state index in [2.05, 4.69) is 47.7 Å². The van der Waals surface area contributed by atoms with Crippen molar-refractivity contribution >= 4 is 28.6 Å². The highest BCUT2D eigenvalue weighted by Gasteiger charge is 2.04. The van der Waals surface area contributed by atoms with Crippen LogP contribution in [0.15, 0.2) is 18.2 Å². The van der Waals surface area contributed by atoms with Crippen LogP contribution in [-0.2, 0) is 16.0 Å². The third-order valence-corrected chi connectivity index (χ3v) is 2.89. The van der Waals surface area contributed by atoms with Crippen LogP contribution in [0, 0.1) is 10.5 Å². The number of carbonyl (C=O) groups is 1. The molecule has 0 amide bonds. The second kappa shape index (κ2) is 6.10. The molecule has 0 aliphatic carbocycles. The zero-order valence-corrected chi connectivity index (χ0v) is 11.2. The fourth-order valence-electron chi connectivity index (χ4n) is 1.38. The van der Waals surface area contributed by atoms with E-state index in [0.717, 1.165) is 6.42 Å². The zero-order valence-electron chi connectivity index (χ0n) is 9.05. The van der Waals surface area contributed by atoms with Crippen LogP contribution in [0.4, 0.5) is 0 Å². The first kappa shape index (κ1) is 12.5. The lowest BCUT2D eigenvalue weighted by Crippen LogP contribution is -2.05. The maximum atomic E-state index is 11.2. The average Bonchev–Trinajstić information content (AvgIpc) is 2.20. The normalized spacial score (nSPS) is 10.1. The van der Waals surface area contributed by atoms with E-state index in [9.17, 15) is 4.79 Å². The monoisotopic (exact) mass is 318 g/mol. The number of benzene rings is 1. The molecule has 0 spiro atoms. The molecule has 1 rings (SSSR count). The molecule has 0 atom stereocenters. The first-order valence-electron chi connectivity index (χ1n) is 5.04. The van der Waals surface area contributed by atoms with Gasteiger partial charge in [-0.3, -0.25) is 4.79 Å². The molecule has 1 aromatic rings. The standard InChI is InChI=1S/C12H15IO2/c1-3-15-12(14)7-5-10-8-11(13)6-4-9(10)2/h4,6,8H,3,5,7H2,1-2H3. The number of hydrogen-bond donors (Lipinski definition) is 0. The molecule has 0 aliphatic heterocycles. The summed E-state index contributed by atoms with van der Waals surface area (Å²) >= 11 is 2.28. The predicted molar refractivity (Wildman–Crippen MR) is 68.9 cm³/mol. The van der Waals surface area contributed by atoms with Gasteiger partial charge in [-0.2, -0.15) is 0 Å². The summed E-state index contributed by atoms with van der Waals surface area (Å²) in [5.41, 5.74) is 2.47. The van der Waals surface area contributed by atoms with Gasteiger partial charge in [0.2, 0.25) is 0 Å². The van der Waals surface area contributed by atoms with Crippen molar-refractivity contribution in [2.75, 3.05) is 6.61 Å². The molecule has 0 aromatic heterocycles. The molecule has 0 fully saturated rings. The molecule has 0 saturated heterocycles. The Balaban J connectivity index is 2.57. The van der Waals surface area contributed by atoms with Crippen molar-refractivity contribution in [3.8, 4) is 0 Å². The minimum atomic E-state index is -0.115. The molecule has 0 aliphatic rings. The SMILES string of the molecule is CCOC(=O)CCc1cc(I)ccc1C. The predicted octanol–water partition coefficient (Wildman–Crippen LogP) is 3.10. The Hall–Kier alpha value is -0.580. The van der Waals surface area contributed by atoms with Crippen molar-refractivity contribution in [2.24, 2.45) is 0 Å². The summed E-state index contributed by atoms with van der Waals surface area (Å²) in [4.78, 5) is 11.2. The lowest BCUT2D eigenvalue weighted by atomic mass is 10.0. The fourth-order valence-corrected chi connectivity index (χ4v) is 1.93. The highest BCUT2D eigenvalue weighted by molar-refractivity contribution is 14.1. The third kappa shape index (κ3) is 4.20. The van der Waals surface area contributed by atoms with Gasteiger partial charge in [0.15, 0.2) is 0 Å². The van der Waals surface area contributed by atoms with Crippen molar-refractivity contribution in [1.82, 2.24) is 0 Å². The molecule has 2 nitrogen and oxygen atoms in total. The molecule has 3 heteroatoms. The van der Waals surface area contributed by atoms with Crippen LogP contribution in [0.5, 0.6) is 0 Å². The van der Waals surface area contributed by atoms with E-state index in [1.54, 1.807) is 0 Å². The Morgan fingerprint density at radius 3 is 2.87 bits per heavy atom. The fraction of sp³-hybridized carbons (Fsp3) is 0.417. The van der Waals surface area contributed by atoms with E-state index in [-0.39, 0.29) is 5.97 Å². The van der Waals surface area contributed by atoms with Gasteiger partial charge >= 0.3 is 5.97 Å². The molecule has 0 heterocycles. The van der Waals surface area contributed by atoms with Gasteiger partial charge in [-0.15, -0.1) is 0 Å². The molecular weight excluding hydrogens is 303 g/mol. The lowest BCUT2D eigenvalue weighted by Gasteiger charge is -2.06. The van der Waals surface area contributed by atoms with E-state index in [1.807, 2.05) is 6.92 Å². The van der Waals surface area contributed by atoms with Crippen molar-refractivity contribution in [1.29, 1.82) is 0 Å². The molecule has 0 radical (unpaired) electrons. The first-order valence-corrected chi connectivity index (χ1v) is 6.12. The Bertz CT molecular complexity index is 347. The van der Waals surface area contributed by atoms with E-state index >= 15 is 0 Å². The van der Waals surface area contributed by atoms with Gasteiger partial charge < -0.3 is 4.74 Å². The Labute approximate surface area is 104 Å². The number of hydrogen-bond acceptors (Lipinski definition) is 2. The van der Waals surface area contributed by atoms with Crippen molar-refractivity contribution in [3.63, 3.8) is 0 Å². The maximum absolute atomic E-state index is 11.2. The largest absolute Gasteiger partial charge is 0.466 e. The molecule has 1 aromatic carbocycles. The first-order chi connectivity index (χ1) is 7.13. The summed E-state index contributed by atoms with van der Waals surface area (Å²) < 4.78 is 6.10. The van der Waals surface area contributed by atoms with Crippen molar-refractivity contribution in [2.45, 2.75) is 26.7 Å². The summed E-state index contributed by atoms with van der Waals surface area (Å²) in [5, 5.41) is 0. The van der Waals surface area contributed by atoms with Gasteiger partial charge in [0.1, 0.15) is 0 Å². The number of halogens is 1. The van der Waals surface area contributed by atoms with Gasteiger partial charge in [-0.1, -0.05) is 6.07 Å². The summed E-state index contributed by atoms with van der Waals surface area (Å²) in [7, 11) is 0. The summed E-state index contributed by atoms with van der Waals surface area (Å²) in [6.07, 6.45) is 1.23. The van der Waals surface area contributed by atoms with Gasteiger partial charge in [0, 0.05) is 9.99 Å². The molecule has 0 N–H and O–H groups in total. The average molecular weight is 318 g/mol. The Morgan fingerprint density at radius 2 is 2.20 bits per heavy atom. The van der Waals surface area contributed by atoms with E-state index in [1.165, 1.54) is 14.7 Å². The van der Waals surface area contributed by atoms with E-state index < -0.39 is 0 Å². The van der Waals surface area contributed by atoms with Gasteiger partial charge in [0.05, 0.1) is 6.61 Å². The maximum Gasteiger partial charge on any atom is 0.306 e. The topological polar surface area (TPSA) is 26.3 Å². The van der Waals surface area contributed by atoms with E-state index in [4.69, 9.17) is 4.74 Å². The molecule has 15 heavy (non-hydrogen) atoms. The highest BCUT2D eigenvalue weighted by atomic mass is 127. The Morgan fingerprint density at radius 1 is 1.47 bits per heavy atom. The Kier molecular flexibility index (Phi) is 5.08. The van der Waals surface area contributed by atoms with Crippen LogP contribution in [-0.4, -0.2) is 12.6 Å². The molecular formula is C12H15IO2. The molecule has 0 unspecified atom stereocenters. The van der Waals surface area contributed by atoms with Crippen LogP contribution in [0.1, 0.15) is 24.5 Å². The van der Waals surface area contributed by atoms with E-state index in [0.29, 0.717) is 13.0 Å². The molecule has 82 valence electrons. The smallest absolute Gasteiger partial charge is 0.306 e. The van der Waals surface area contributed by atoms with Crippen LogP contribution in [0.25, 0.3) is 0 Å². The van der Waals surface area contributed by atoms with Crippen LogP contribution in [0.3, 0.4) is 0 Å². The number of carbonyl (C=O) groups excluding carboxylic acids is 1. The highest BCUT2D eigenvalue weighted by Crippen LogP contribution is 2.14. The zero-order chi connectivity index (χ0) is 11.3. The lowest BCUT2D eigenvalue weighted by molar-refractivity contribution is -0.143. The number of esters is 1. The number of rotatable bonds is 4. The van der Waals surface area contributed by atoms with Crippen LogP contribution in [0.2, 0.25) is 0 Å². The van der Waals surface area contributed by atoms with Crippen molar-refractivity contribution < 1.29 is 9.53 Å².